The number of nitrogens with one attached hydrogen (secondary N) is 1. The maximum atomic E-state index is 10.1. The molecule has 0 aliphatic carbocycles. The van der Waals surface area contributed by atoms with Gasteiger partial charge in [0.05, 0.1) is 0 Å². The highest BCUT2D eigenvalue weighted by Gasteiger charge is 2.09. The second-order valence-electron chi connectivity index (χ2n) is 3.53. The van der Waals surface area contributed by atoms with Crippen molar-refractivity contribution in [2.24, 2.45) is 11.5 Å². The zero-order valence-corrected chi connectivity index (χ0v) is 10.4. The molecule has 0 heterocycles. The molecule has 0 aromatic carbocycles. The van der Waals surface area contributed by atoms with Gasteiger partial charge in [0.1, 0.15) is 12.6 Å². The topological polar surface area (TPSA) is 156 Å². The van der Waals surface area contributed by atoms with E-state index in [1.807, 2.05) is 0 Å². The second kappa shape index (κ2) is 11.8. The van der Waals surface area contributed by atoms with Crippen LogP contribution in [0.1, 0.15) is 26.2 Å². The minimum atomic E-state index is -1.03. The summed E-state index contributed by atoms with van der Waals surface area (Å²) in [7, 11) is 0. The number of carbonyl (C=O) groups is 3. The Balaban J connectivity index is 0. The molecule has 0 aliphatic rings. The zero-order valence-electron chi connectivity index (χ0n) is 10.4. The summed E-state index contributed by atoms with van der Waals surface area (Å²) in [6.07, 6.45) is 2.16. The standard InChI is InChI=1S/C6H14N2O2.C4H7NO3/c7-4-2-1-3-5(8)6(9)10;1-3(6)5-2-4(7)8/h5H,1-4,7-8H2,(H,9,10);2H2,1H3,(H,5,6)(H,7,8)/t5-;/m0./s1. The van der Waals surface area contributed by atoms with Crippen molar-refractivity contribution in [1.29, 1.82) is 0 Å². The average molecular weight is 263 g/mol. The van der Waals surface area contributed by atoms with Crippen molar-refractivity contribution < 1.29 is 24.6 Å². The molecule has 8 nitrogen and oxygen atoms in total. The number of carbonyl (C=O) groups excluding carboxylic acids is 1. The van der Waals surface area contributed by atoms with E-state index in [-0.39, 0.29) is 12.5 Å². The quantitative estimate of drug-likeness (QED) is 0.358. The van der Waals surface area contributed by atoms with Crippen LogP contribution in [0.2, 0.25) is 0 Å². The number of carboxylic acid groups (broad SMARTS) is 2. The number of nitrogens with two attached hydrogens (primary N) is 2. The number of unbranched alkanes of at least 4 members (excludes halogenated alkanes) is 1. The van der Waals surface area contributed by atoms with Crippen LogP contribution in [0.25, 0.3) is 0 Å². The van der Waals surface area contributed by atoms with E-state index in [4.69, 9.17) is 21.7 Å². The van der Waals surface area contributed by atoms with Crippen molar-refractivity contribution in [3.63, 3.8) is 0 Å². The van der Waals surface area contributed by atoms with Gasteiger partial charge in [-0.2, -0.15) is 0 Å². The van der Waals surface area contributed by atoms with Gasteiger partial charge in [-0.1, -0.05) is 6.42 Å². The Hall–Kier alpha value is -1.67. The van der Waals surface area contributed by atoms with Gasteiger partial charge in [0.2, 0.25) is 5.91 Å². The van der Waals surface area contributed by atoms with E-state index in [2.05, 4.69) is 5.32 Å². The molecule has 0 fully saturated rings. The first-order valence-corrected chi connectivity index (χ1v) is 5.46. The number of hydrogen-bond acceptors (Lipinski definition) is 5. The van der Waals surface area contributed by atoms with Gasteiger partial charge >= 0.3 is 11.9 Å². The molecule has 8 heteroatoms. The van der Waals surface area contributed by atoms with Gasteiger partial charge < -0.3 is 27.0 Å². The van der Waals surface area contributed by atoms with E-state index in [0.717, 1.165) is 12.8 Å². The van der Waals surface area contributed by atoms with Crippen LogP contribution < -0.4 is 16.8 Å². The molecule has 0 saturated carbocycles. The number of carboxylic acids is 2. The Morgan fingerprint density at radius 1 is 1.22 bits per heavy atom. The van der Waals surface area contributed by atoms with Crippen molar-refractivity contribution in [2.45, 2.75) is 32.2 Å². The molecule has 18 heavy (non-hydrogen) atoms. The molecular weight excluding hydrogens is 242 g/mol. The molecule has 0 spiro atoms. The van der Waals surface area contributed by atoms with Gasteiger partial charge in [0.25, 0.3) is 0 Å². The fourth-order valence-corrected chi connectivity index (χ4v) is 0.832. The normalized spacial score (nSPS) is 10.8. The SMILES string of the molecule is CC(=O)NCC(=O)O.NCCCC[C@H](N)C(=O)O. The molecule has 0 aromatic heterocycles. The molecule has 1 atom stereocenters. The van der Waals surface area contributed by atoms with Crippen molar-refractivity contribution in [3.8, 4) is 0 Å². The molecule has 0 aromatic rings. The summed E-state index contributed by atoms with van der Waals surface area (Å²) in [5.41, 5.74) is 10.4. The van der Waals surface area contributed by atoms with Gasteiger partial charge in [-0.15, -0.1) is 0 Å². The Morgan fingerprint density at radius 2 is 1.78 bits per heavy atom. The highest BCUT2D eigenvalue weighted by atomic mass is 16.4. The van der Waals surface area contributed by atoms with E-state index in [1.165, 1.54) is 6.92 Å². The number of hydrogen-bond donors (Lipinski definition) is 5. The third kappa shape index (κ3) is 16.7. The van der Waals surface area contributed by atoms with E-state index >= 15 is 0 Å². The number of rotatable bonds is 7. The minimum absolute atomic E-state index is 0.296. The molecule has 0 bridgehead atoms. The van der Waals surface area contributed by atoms with Crippen LogP contribution in [0.15, 0.2) is 0 Å². The lowest BCUT2D eigenvalue weighted by atomic mass is 10.1. The number of aliphatic carboxylic acids is 2. The van der Waals surface area contributed by atoms with Crippen LogP contribution >= 0.6 is 0 Å². The lowest BCUT2D eigenvalue weighted by molar-refractivity contribution is -0.139. The van der Waals surface area contributed by atoms with Gasteiger partial charge in [0, 0.05) is 6.92 Å². The van der Waals surface area contributed by atoms with Crippen LogP contribution in [0, 0.1) is 0 Å². The third-order valence-corrected chi connectivity index (χ3v) is 1.78. The highest BCUT2D eigenvalue weighted by molar-refractivity contribution is 5.79. The third-order valence-electron chi connectivity index (χ3n) is 1.78. The summed E-state index contributed by atoms with van der Waals surface area (Å²) >= 11 is 0. The predicted octanol–water partition coefficient (Wildman–Crippen LogP) is -1.27. The van der Waals surface area contributed by atoms with Gasteiger partial charge in [-0.3, -0.25) is 14.4 Å². The van der Waals surface area contributed by atoms with E-state index in [0.29, 0.717) is 13.0 Å². The van der Waals surface area contributed by atoms with Crippen LogP contribution in [-0.2, 0) is 14.4 Å². The van der Waals surface area contributed by atoms with Crippen molar-refractivity contribution in [3.05, 3.63) is 0 Å². The van der Waals surface area contributed by atoms with Gasteiger partial charge in [0.15, 0.2) is 0 Å². The Kier molecular flexibility index (Phi) is 12.3. The highest BCUT2D eigenvalue weighted by Crippen LogP contribution is 1.96. The lowest BCUT2D eigenvalue weighted by Crippen LogP contribution is -2.29. The van der Waals surface area contributed by atoms with Crippen molar-refractivity contribution >= 4 is 17.8 Å². The zero-order chi connectivity index (χ0) is 14.6. The fraction of sp³-hybridized carbons (Fsp3) is 0.700. The molecule has 0 saturated heterocycles. The Morgan fingerprint density at radius 3 is 2.06 bits per heavy atom. The summed E-state index contributed by atoms with van der Waals surface area (Å²) in [5.74, 6) is -2.29. The maximum absolute atomic E-state index is 10.1. The predicted molar refractivity (Wildman–Crippen MR) is 64.8 cm³/mol. The van der Waals surface area contributed by atoms with Gasteiger partial charge in [-0.05, 0) is 19.4 Å². The van der Waals surface area contributed by atoms with Crippen LogP contribution in [0.4, 0.5) is 0 Å². The maximum Gasteiger partial charge on any atom is 0.322 e. The lowest BCUT2D eigenvalue weighted by Gasteiger charge is -2.03. The Labute approximate surface area is 105 Å². The molecule has 7 N–H and O–H groups in total. The summed E-state index contributed by atoms with van der Waals surface area (Å²) in [6, 6.07) is -0.716. The second-order valence-corrected chi connectivity index (χ2v) is 3.53. The first-order chi connectivity index (χ1) is 8.31. The average Bonchev–Trinajstić information content (AvgIpc) is 2.27. The molecular formula is C10H21N3O5. The Bertz CT molecular complexity index is 256. The van der Waals surface area contributed by atoms with Gasteiger partial charge in [-0.25, -0.2) is 0 Å². The summed E-state index contributed by atoms with van der Waals surface area (Å²) in [4.78, 5) is 29.8. The van der Waals surface area contributed by atoms with Crippen molar-refractivity contribution in [2.75, 3.05) is 13.1 Å². The minimum Gasteiger partial charge on any atom is -0.480 e. The summed E-state index contributed by atoms with van der Waals surface area (Å²) in [6.45, 7) is 1.57. The first kappa shape index (κ1) is 18.7. The molecule has 1 amide bonds. The smallest absolute Gasteiger partial charge is 0.322 e. The first-order valence-electron chi connectivity index (χ1n) is 5.46. The monoisotopic (exact) mass is 263 g/mol. The molecule has 0 aliphatic heterocycles. The van der Waals surface area contributed by atoms with Crippen LogP contribution in [-0.4, -0.2) is 47.2 Å². The molecule has 106 valence electrons. The number of amides is 1. The fourth-order valence-electron chi connectivity index (χ4n) is 0.832. The molecule has 0 rings (SSSR count). The molecule has 0 radical (unpaired) electrons. The molecule has 0 unspecified atom stereocenters. The largest absolute Gasteiger partial charge is 0.480 e. The van der Waals surface area contributed by atoms with Crippen LogP contribution in [0.5, 0.6) is 0 Å². The van der Waals surface area contributed by atoms with E-state index < -0.39 is 18.0 Å². The van der Waals surface area contributed by atoms with E-state index in [1.54, 1.807) is 0 Å². The van der Waals surface area contributed by atoms with E-state index in [9.17, 15) is 14.4 Å². The van der Waals surface area contributed by atoms with Crippen molar-refractivity contribution in [1.82, 2.24) is 5.32 Å². The van der Waals surface area contributed by atoms with Crippen LogP contribution in [0.3, 0.4) is 0 Å². The summed E-state index contributed by atoms with van der Waals surface area (Å²) in [5, 5.41) is 18.4. The summed E-state index contributed by atoms with van der Waals surface area (Å²) < 4.78 is 0.